The monoisotopic (exact) mass is 332 g/mol. The highest BCUT2D eigenvalue weighted by molar-refractivity contribution is 7.99. The first-order valence-corrected chi connectivity index (χ1v) is 9.64. The number of benzene rings is 1. The molecule has 7 heteroatoms. The highest BCUT2D eigenvalue weighted by Crippen LogP contribution is 2.21. The van der Waals surface area contributed by atoms with Crippen LogP contribution in [0, 0.1) is 5.82 Å². The van der Waals surface area contributed by atoms with Crippen molar-refractivity contribution in [3.8, 4) is 0 Å². The average Bonchev–Trinajstić information content (AvgIpc) is 2.88. The summed E-state index contributed by atoms with van der Waals surface area (Å²) in [6.45, 7) is 4.51. The molecule has 0 bridgehead atoms. The molecule has 1 atom stereocenters. The lowest BCUT2D eigenvalue weighted by Gasteiger charge is -2.13. The number of thioether (sulfide) groups is 1. The first-order valence-electron chi connectivity index (χ1n) is 7.00. The molecule has 1 saturated heterocycles. The van der Waals surface area contributed by atoms with E-state index in [1.165, 1.54) is 12.1 Å². The molecular weight excluding hydrogens is 311 g/mol. The molecule has 0 aliphatic carbocycles. The number of nitrogens with one attached hydrogen (secondary N) is 2. The van der Waals surface area contributed by atoms with Crippen LogP contribution in [0.2, 0.25) is 0 Å². The van der Waals surface area contributed by atoms with Crippen LogP contribution in [0.1, 0.15) is 25.8 Å². The van der Waals surface area contributed by atoms with Crippen molar-refractivity contribution in [2.75, 3.05) is 11.5 Å². The lowest BCUT2D eigenvalue weighted by molar-refractivity contribution is 0.541. The third kappa shape index (κ3) is 4.67. The summed E-state index contributed by atoms with van der Waals surface area (Å²) in [5.41, 5.74) is 0.733. The van der Waals surface area contributed by atoms with Crippen molar-refractivity contribution in [2.45, 2.75) is 43.8 Å². The van der Waals surface area contributed by atoms with Crippen LogP contribution < -0.4 is 10.0 Å². The largest absolute Gasteiger partial charge is 0.310 e. The molecule has 1 heterocycles. The van der Waals surface area contributed by atoms with E-state index in [0.717, 1.165) is 23.5 Å². The smallest absolute Gasteiger partial charge is 0.243 e. The van der Waals surface area contributed by atoms with Crippen molar-refractivity contribution in [3.63, 3.8) is 0 Å². The van der Waals surface area contributed by atoms with Crippen LogP contribution in [0.5, 0.6) is 0 Å². The van der Waals surface area contributed by atoms with Gasteiger partial charge in [0.25, 0.3) is 0 Å². The molecule has 0 radical (unpaired) electrons. The summed E-state index contributed by atoms with van der Waals surface area (Å²) in [5, 5.41) is 3.17. The summed E-state index contributed by atoms with van der Waals surface area (Å²) in [5.74, 6) is 0.989. The van der Waals surface area contributed by atoms with E-state index in [-0.39, 0.29) is 17.0 Å². The lowest BCUT2D eigenvalue weighted by atomic mass is 10.2. The van der Waals surface area contributed by atoms with Gasteiger partial charge in [0.15, 0.2) is 0 Å². The molecular formula is C14H21FN2O2S2. The van der Waals surface area contributed by atoms with E-state index in [0.29, 0.717) is 6.54 Å². The van der Waals surface area contributed by atoms with Crippen LogP contribution in [-0.4, -0.2) is 32.0 Å². The molecule has 1 unspecified atom stereocenters. The predicted molar refractivity (Wildman–Crippen MR) is 84.4 cm³/mol. The summed E-state index contributed by atoms with van der Waals surface area (Å²) >= 11 is 1.71. The van der Waals surface area contributed by atoms with Crippen molar-refractivity contribution in [1.29, 1.82) is 0 Å². The van der Waals surface area contributed by atoms with Gasteiger partial charge in [0.1, 0.15) is 10.7 Å². The van der Waals surface area contributed by atoms with Crippen LogP contribution in [-0.2, 0) is 16.6 Å². The van der Waals surface area contributed by atoms with Gasteiger partial charge >= 0.3 is 0 Å². The minimum Gasteiger partial charge on any atom is -0.310 e. The van der Waals surface area contributed by atoms with Gasteiger partial charge < -0.3 is 5.32 Å². The van der Waals surface area contributed by atoms with Gasteiger partial charge in [0.2, 0.25) is 10.0 Å². The normalized spacial score (nSPS) is 19.3. The molecule has 1 fully saturated rings. The van der Waals surface area contributed by atoms with Gasteiger partial charge in [0.05, 0.1) is 0 Å². The quantitative estimate of drug-likeness (QED) is 0.838. The summed E-state index contributed by atoms with van der Waals surface area (Å²) < 4.78 is 41.1. The molecule has 4 nitrogen and oxygen atoms in total. The van der Waals surface area contributed by atoms with Crippen molar-refractivity contribution in [2.24, 2.45) is 0 Å². The number of rotatable bonds is 6. The zero-order chi connectivity index (χ0) is 15.5. The SMILES string of the molecule is CC(C)NCc1ccc(S(=O)(=O)NC2CCSC2)c(F)c1. The maximum atomic E-state index is 14.1. The molecule has 0 saturated carbocycles. The maximum absolute atomic E-state index is 14.1. The Hall–Kier alpha value is -0.630. The molecule has 1 aliphatic rings. The number of hydrogen-bond donors (Lipinski definition) is 2. The third-order valence-electron chi connectivity index (χ3n) is 3.25. The van der Waals surface area contributed by atoms with Crippen LogP contribution in [0.4, 0.5) is 4.39 Å². The Morgan fingerprint density at radius 2 is 2.19 bits per heavy atom. The van der Waals surface area contributed by atoms with E-state index in [2.05, 4.69) is 10.0 Å². The summed E-state index contributed by atoms with van der Waals surface area (Å²) in [7, 11) is -3.78. The van der Waals surface area contributed by atoms with Crippen LogP contribution in [0.3, 0.4) is 0 Å². The molecule has 0 spiro atoms. The highest BCUT2D eigenvalue weighted by atomic mass is 32.2. The van der Waals surface area contributed by atoms with E-state index in [1.54, 1.807) is 17.8 Å². The van der Waals surface area contributed by atoms with E-state index in [4.69, 9.17) is 0 Å². The van der Waals surface area contributed by atoms with Gasteiger partial charge in [0, 0.05) is 24.4 Å². The van der Waals surface area contributed by atoms with Gasteiger partial charge in [-0.05, 0) is 29.9 Å². The second kappa shape index (κ2) is 7.09. The average molecular weight is 332 g/mol. The summed E-state index contributed by atoms with van der Waals surface area (Å²) in [6.07, 6.45) is 0.794. The van der Waals surface area contributed by atoms with E-state index >= 15 is 0 Å². The van der Waals surface area contributed by atoms with Crippen LogP contribution in [0.25, 0.3) is 0 Å². The fourth-order valence-corrected chi connectivity index (χ4v) is 4.69. The predicted octanol–water partition coefficient (Wildman–Crippen LogP) is 2.11. The van der Waals surface area contributed by atoms with E-state index < -0.39 is 15.8 Å². The maximum Gasteiger partial charge on any atom is 0.243 e. The van der Waals surface area contributed by atoms with Crippen molar-refractivity contribution < 1.29 is 12.8 Å². The fraction of sp³-hybridized carbons (Fsp3) is 0.571. The van der Waals surface area contributed by atoms with Crippen LogP contribution in [0.15, 0.2) is 23.1 Å². The van der Waals surface area contributed by atoms with Crippen molar-refractivity contribution >= 4 is 21.8 Å². The minimum absolute atomic E-state index is 0.0957. The second-order valence-electron chi connectivity index (χ2n) is 5.48. The van der Waals surface area contributed by atoms with E-state index in [1.807, 2.05) is 13.8 Å². The lowest BCUT2D eigenvalue weighted by Crippen LogP contribution is -2.35. The molecule has 1 aromatic carbocycles. The first-order chi connectivity index (χ1) is 9.88. The molecule has 0 aromatic heterocycles. The first kappa shape index (κ1) is 16.7. The molecule has 2 rings (SSSR count). The Kier molecular flexibility index (Phi) is 5.65. The second-order valence-corrected chi connectivity index (χ2v) is 8.31. The van der Waals surface area contributed by atoms with E-state index in [9.17, 15) is 12.8 Å². The van der Waals surface area contributed by atoms with Crippen molar-refractivity contribution in [1.82, 2.24) is 10.0 Å². The number of halogens is 1. The minimum atomic E-state index is -3.78. The van der Waals surface area contributed by atoms with Gasteiger partial charge in [-0.15, -0.1) is 0 Å². The number of sulfonamides is 1. The number of hydrogen-bond acceptors (Lipinski definition) is 4. The Labute approximate surface area is 129 Å². The zero-order valence-electron chi connectivity index (χ0n) is 12.2. The van der Waals surface area contributed by atoms with Gasteiger partial charge in [-0.1, -0.05) is 19.9 Å². The van der Waals surface area contributed by atoms with Crippen molar-refractivity contribution in [3.05, 3.63) is 29.6 Å². The Bertz CT molecular complexity index is 585. The Morgan fingerprint density at radius 3 is 2.76 bits per heavy atom. The molecule has 0 amide bonds. The molecule has 2 N–H and O–H groups in total. The van der Waals surface area contributed by atoms with Gasteiger partial charge in [-0.2, -0.15) is 11.8 Å². The van der Waals surface area contributed by atoms with Gasteiger partial charge in [-0.25, -0.2) is 17.5 Å². The van der Waals surface area contributed by atoms with Crippen LogP contribution >= 0.6 is 11.8 Å². The van der Waals surface area contributed by atoms with Gasteiger partial charge in [-0.3, -0.25) is 0 Å². The molecule has 21 heavy (non-hydrogen) atoms. The molecule has 1 aromatic rings. The highest BCUT2D eigenvalue weighted by Gasteiger charge is 2.25. The topological polar surface area (TPSA) is 58.2 Å². The molecule has 1 aliphatic heterocycles. The summed E-state index contributed by atoms with van der Waals surface area (Å²) in [6, 6.07) is 4.47. The zero-order valence-corrected chi connectivity index (χ0v) is 13.9. The molecule has 118 valence electrons. The Morgan fingerprint density at radius 1 is 1.43 bits per heavy atom. The Balaban J connectivity index is 2.11. The fourth-order valence-electron chi connectivity index (χ4n) is 2.10. The standard InChI is InChI=1S/C14H21FN2O2S2/c1-10(2)16-8-11-3-4-14(13(15)7-11)21(18,19)17-12-5-6-20-9-12/h3-4,7,10,12,16-17H,5-6,8-9H2,1-2H3. The third-order valence-corrected chi connectivity index (χ3v) is 5.97. The summed E-state index contributed by atoms with van der Waals surface area (Å²) in [4.78, 5) is -0.271.